The van der Waals surface area contributed by atoms with E-state index in [1.54, 1.807) is 42.7 Å². The molecule has 1 atom stereocenters. The number of rotatable bonds is 7. The summed E-state index contributed by atoms with van der Waals surface area (Å²) in [5.74, 6) is 0.652. The molecule has 0 aliphatic heterocycles. The zero-order valence-electron chi connectivity index (χ0n) is 12.4. The van der Waals surface area contributed by atoms with Gasteiger partial charge in [-0.2, -0.15) is 0 Å². The molecule has 0 fully saturated rings. The maximum Gasteiger partial charge on any atom is 0.241 e. The van der Waals surface area contributed by atoms with E-state index >= 15 is 0 Å². The van der Waals surface area contributed by atoms with E-state index in [1.165, 1.54) is 0 Å². The van der Waals surface area contributed by atoms with Gasteiger partial charge in [-0.25, -0.2) is 13.1 Å². The summed E-state index contributed by atoms with van der Waals surface area (Å²) in [5.41, 5.74) is 1.03. The molecule has 0 saturated carbocycles. The van der Waals surface area contributed by atoms with Crippen LogP contribution < -0.4 is 4.72 Å². The van der Waals surface area contributed by atoms with Crippen LogP contribution in [0.25, 0.3) is 0 Å². The predicted molar refractivity (Wildman–Crippen MR) is 82.5 cm³/mol. The van der Waals surface area contributed by atoms with Gasteiger partial charge in [-0.1, -0.05) is 37.5 Å². The molecule has 0 spiro atoms. The highest BCUT2D eigenvalue weighted by Gasteiger charge is 2.22. The minimum absolute atomic E-state index is 0.279. The van der Waals surface area contributed by atoms with E-state index in [1.807, 2.05) is 6.92 Å². The Morgan fingerprint density at radius 1 is 1.19 bits per heavy atom. The van der Waals surface area contributed by atoms with Crippen LogP contribution in [0.3, 0.4) is 0 Å². The molecule has 2 aromatic rings. The molecule has 0 amide bonds. The van der Waals surface area contributed by atoms with Gasteiger partial charge in [0.1, 0.15) is 5.76 Å². The second-order valence-electron chi connectivity index (χ2n) is 5.14. The average Bonchev–Trinajstić information content (AvgIpc) is 2.98. The summed E-state index contributed by atoms with van der Waals surface area (Å²) < 4.78 is 33.0. The first kappa shape index (κ1) is 15.8. The number of hydrogen-bond acceptors (Lipinski definition) is 3. The highest BCUT2D eigenvalue weighted by molar-refractivity contribution is 7.89. The molecule has 1 aromatic heterocycles. The third kappa shape index (κ3) is 4.19. The summed E-state index contributed by atoms with van der Waals surface area (Å²) in [4.78, 5) is 0.279. The minimum Gasteiger partial charge on any atom is -0.468 e. The van der Waals surface area contributed by atoms with E-state index in [9.17, 15) is 8.42 Å². The predicted octanol–water partition coefficient (Wildman–Crippen LogP) is 3.80. The maximum atomic E-state index is 12.5. The molecule has 1 N–H and O–H groups in total. The largest absolute Gasteiger partial charge is 0.468 e. The second kappa shape index (κ2) is 6.91. The van der Waals surface area contributed by atoms with Crippen LogP contribution in [0.5, 0.6) is 0 Å². The van der Waals surface area contributed by atoms with Crippen LogP contribution in [0.4, 0.5) is 0 Å². The molecule has 0 bridgehead atoms. The van der Waals surface area contributed by atoms with E-state index < -0.39 is 10.0 Å². The standard InChI is InChI=1S/C16H21NO3S/c1-3-4-6-15(16-7-5-12-20-16)17-21(18,19)14-10-8-13(2)9-11-14/h5,7-12,15,17H,3-4,6H2,1-2H3. The summed E-state index contributed by atoms with van der Waals surface area (Å²) in [6.07, 6.45) is 4.22. The molecule has 2 rings (SSSR count). The molecule has 0 aliphatic carbocycles. The third-order valence-corrected chi connectivity index (χ3v) is 4.85. The number of unbranched alkanes of at least 4 members (excludes halogenated alkanes) is 1. The van der Waals surface area contributed by atoms with Crippen LogP contribution in [-0.2, 0) is 10.0 Å². The van der Waals surface area contributed by atoms with Gasteiger partial charge in [0.2, 0.25) is 10.0 Å². The monoisotopic (exact) mass is 307 g/mol. The Morgan fingerprint density at radius 2 is 1.90 bits per heavy atom. The van der Waals surface area contributed by atoms with Gasteiger partial charge in [0, 0.05) is 0 Å². The van der Waals surface area contributed by atoms with Crippen LogP contribution in [0.1, 0.15) is 43.6 Å². The lowest BCUT2D eigenvalue weighted by atomic mass is 10.1. The second-order valence-corrected chi connectivity index (χ2v) is 6.86. The number of hydrogen-bond donors (Lipinski definition) is 1. The van der Waals surface area contributed by atoms with E-state index in [2.05, 4.69) is 11.6 Å². The van der Waals surface area contributed by atoms with Gasteiger partial charge in [0.25, 0.3) is 0 Å². The van der Waals surface area contributed by atoms with Gasteiger partial charge in [-0.3, -0.25) is 0 Å². The molecular weight excluding hydrogens is 286 g/mol. The van der Waals surface area contributed by atoms with E-state index in [0.717, 1.165) is 24.8 Å². The Kier molecular flexibility index (Phi) is 5.20. The fourth-order valence-corrected chi connectivity index (χ4v) is 3.37. The van der Waals surface area contributed by atoms with Crippen LogP contribution in [0.2, 0.25) is 0 Å². The van der Waals surface area contributed by atoms with Gasteiger partial charge in [0.15, 0.2) is 0 Å². The van der Waals surface area contributed by atoms with Crippen molar-refractivity contribution >= 4 is 10.0 Å². The van der Waals surface area contributed by atoms with E-state index in [0.29, 0.717) is 5.76 Å². The summed E-state index contributed by atoms with van der Waals surface area (Å²) >= 11 is 0. The molecule has 1 heterocycles. The van der Waals surface area contributed by atoms with E-state index in [-0.39, 0.29) is 10.9 Å². The smallest absolute Gasteiger partial charge is 0.241 e. The van der Waals surface area contributed by atoms with Gasteiger partial charge in [0.05, 0.1) is 17.2 Å². The summed E-state index contributed by atoms with van der Waals surface area (Å²) in [6, 6.07) is 10.1. The molecular formula is C16H21NO3S. The first-order chi connectivity index (χ1) is 10.0. The zero-order chi connectivity index (χ0) is 15.3. The lowest BCUT2D eigenvalue weighted by Gasteiger charge is -2.16. The average molecular weight is 307 g/mol. The minimum atomic E-state index is -3.54. The summed E-state index contributed by atoms with van der Waals surface area (Å²) in [6.45, 7) is 4.00. The molecule has 0 aliphatic rings. The normalized spacial score (nSPS) is 13.2. The Hall–Kier alpha value is -1.59. The molecule has 0 saturated heterocycles. The number of nitrogens with one attached hydrogen (secondary N) is 1. The Balaban J connectivity index is 2.20. The van der Waals surface area contributed by atoms with Crippen LogP contribution in [0.15, 0.2) is 52.0 Å². The fourth-order valence-electron chi connectivity index (χ4n) is 2.13. The lowest BCUT2D eigenvalue weighted by molar-refractivity contribution is 0.421. The number of sulfonamides is 1. The van der Waals surface area contributed by atoms with Gasteiger partial charge < -0.3 is 4.42 Å². The molecule has 21 heavy (non-hydrogen) atoms. The molecule has 4 nitrogen and oxygen atoms in total. The van der Waals surface area contributed by atoms with E-state index in [4.69, 9.17) is 4.42 Å². The first-order valence-corrected chi connectivity index (χ1v) is 8.63. The van der Waals surface area contributed by atoms with Crippen molar-refractivity contribution in [3.8, 4) is 0 Å². The first-order valence-electron chi connectivity index (χ1n) is 7.15. The van der Waals surface area contributed by atoms with Crippen molar-refractivity contribution in [2.75, 3.05) is 0 Å². The van der Waals surface area contributed by atoms with Crippen molar-refractivity contribution in [3.05, 3.63) is 54.0 Å². The topological polar surface area (TPSA) is 59.3 Å². The van der Waals surface area contributed by atoms with Crippen LogP contribution >= 0.6 is 0 Å². The van der Waals surface area contributed by atoms with Gasteiger partial charge in [-0.15, -0.1) is 0 Å². The van der Waals surface area contributed by atoms with Gasteiger partial charge >= 0.3 is 0 Å². The van der Waals surface area contributed by atoms with Gasteiger partial charge in [-0.05, 0) is 37.6 Å². The van der Waals surface area contributed by atoms with Crippen molar-refractivity contribution in [1.29, 1.82) is 0 Å². The highest BCUT2D eigenvalue weighted by atomic mass is 32.2. The van der Waals surface area contributed by atoms with Crippen molar-refractivity contribution in [1.82, 2.24) is 4.72 Å². The number of benzene rings is 1. The molecule has 1 aromatic carbocycles. The van der Waals surface area contributed by atoms with Crippen molar-refractivity contribution < 1.29 is 12.8 Å². The van der Waals surface area contributed by atoms with Crippen molar-refractivity contribution in [3.63, 3.8) is 0 Å². The molecule has 0 radical (unpaired) electrons. The highest BCUT2D eigenvalue weighted by Crippen LogP contribution is 2.23. The number of furan rings is 1. The lowest BCUT2D eigenvalue weighted by Crippen LogP contribution is -2.28. The zero-order valence-corrected chi connectivity index (χ0v) is 13.2. The molecule has 5 heteroatoms. The Morgan fingerprint density at radius 3 is 2.48 bits per heavy atom. The number of aryl methyl sites for hydroxylation is 1. The third-order valence-electron chi connectivity index (χ3n) is 3.36. The SMILES string of the molecule is CCCCC(NS(=O)(=O)c1ccc(C)cc1)c1ccco1. The van der Waals surface area contributed by atoms with Crippen LogP contribution in [0, 0.1) is 6.92 Å². The molecule has 114 valence electrons. The maximum absolute atomic E-state index is 12.5. The fraction of sp³-hybridized carbons (Fsp3) is 0.375. The van der Waals surface area contributed by atoms with Crippen LogP contribution in [-0.4, -0.2) is 8.42 Å². The Labute approximate surface area is 126 Å². The van der Waals surface area contributed by atoms with Crippen molar-refractivity contribution in [2.24, 2.45) is 0 Å². The quantitative estimate of drug-likeness (QED) is 0.846. The Bertz CT molecular complexity index is 645. The summed E-state index contributed by atoms with van der Waals surface area (Å²) in [7, 11) is -3.54. The van der Waals surface area contributed by atoms with Crippen molar-refractivity contribution in [2.45, 2.75) is 44.0 Å². The summed E-state index contributed by atoms with van der Waals surface area (Å²) in [5, 5.41) is 0. The molecule has 1 unspecified atom stereocenters.